The van der Waals surface area contributed by atoms with Crippen LogP contribution in [0.15, 0.2) is 0 Å². The molecule has 10 unspecified atom stereocenters. The summed E-state index contributed by atoms with van der Waals surface area (Å²) < 4.78 is 24.0. The minimum absolute atomic E-state index is 0.0723. The van der Waals surface area contributed by atoms with Gasteiger partial charge < -0.3 is 29.2 Å². The number of carbonyl (C=O) groups is 3. The number of fused-ring (bicyclic) bond motifs is 5. The van der Waals surface area contributed by atoms with Crippen molar-refractivity contribution in [2.75, 3.05) is 0 Å². The van der Waals surface area contributed by atoms with Crippen LogP contribution in [-0.2, 0) is 33.3 Å². The molecule has 10 atom stereocenters. The Morgan fingerprint density at radius 2 is 1.51 bits per heavy atom. The normalized spacial score (nSPS) is 45.5. The second-order valence-electron chi connectivity index (χ2n) is 11.8. The van der Waals surface area contributed by atoms with Crippen LogP contribution < -0.4 is 0 Å². The van der Waals surface area contributed by atoms with Crippen molar-refractivity contribution >= 4 is 17.9 Å². The molecule has 3 rings (SSSR count). The van der Waals surface area contributed by atoms with E-state index in [2.05, 4.69) is 0 Å². The lowest BCUT2D eigenvalue weighted by molar-refractivity contribution is -0.197. The van der Waals surface area contributed by atoms with Crippen LogP contribution >= 0.6 is 0 Å². The number of aliphatic hydroxyl groups excluding tert-OH is 1. The van der Waals surface area contributed by atoms with Gasteiger partial charge in [-0.25, -0.2) is 0 Å². The standard InChI is InChI=1S/C26H42O9/c1-13(2)20-17(30)11-26(8,35-16(5)29)22-18-12-24(6,31)19(32-14(3)27)9-10-25(7,34-15(4)28)23(33-18)21(20)22/h13,17-23,30-31H,9-12H2,1-8H3. The van der Waals surface area contributed by atoms with Gasteiger partial charge >= 0.3 is 17.9 Å². The quantitative estimate of drug-likeness (QED) is 0.444. The molecule has 9 nitrogen and oxygen atoms in total. The number of ether oxygens (including phenoxy) is 4. The fraction of sp³-hybridized carbons (Fsp3) is 0.885. The summed E-state index contributed by atoms with van der Waals surface area (Å²) in [7, 11) is 0. The van der Waals surface area contributed by atoms with Crippen LogP contribution in [0.3, 0.4) is 0 Å². The number of esters is 3. The summed E-state index contributed by atoms with van der Waals surface area (Å²) >= 11 is 0. The highest BCUT2D eigenvalue weighted by molar-refractivity contribution is 5.67. The monoisotopic (exact) mass is 498 g/mol. The van der Waals surface area contributed by atoms with Crippen LogP contribution in [0.2, 0.25) is 0 Å². The summed E-state index contributed by atoms with van der Waals surface area (Å²) in [5.74, 6) is -2.29. The van der Waals surface area contributed by atoms with Crippen molar-refractivity contribution < 1.29 is 43.5 Å². The molecule has 200 valence electrons. The average Bonchev–Trinajstić information content (AvgIpc) is 3.03. The van der Waals surface area contributed by atoms with Crippen molar-refractivity contribution in [3.05, 3.63) is 0 Å². The number of carbonyl (C=O) groups excluding carboxylic acids is 3. The fourth-order valence-corrected chi connectivity index (χ4v) is 7.27. The van der Waals surface area contributed by atoms with Crippen molar-refractivity contribution in [1.82, 2.24) is 0 Å². The van der Waals surface area contributed by atoms with Crippen LogP contribution in [0.1, 0.15) is 81.1 Å². The molecule has 3 fully saturated rings. The first kappa shape index (κ1) is 27.9. The number of hydrogen-bond donors (Lipinski definition) is 2. The third-order valence-electron chi connectivity index (χ3n) is 8.34. The lowest BCUT2D eigenvalue weighted by Crippen LogP contribution is -2.61. The first-order valence-electron chi connectivity index (χ1n) is 12.6. The van der Waals surface area contributed by atoms with Gasteiger partial charge in [-0.2, -0.15) is 0 Å². The summed E-state index contributed by atoms with van der Waals surface area (Å²) in [4.78, 5) is 36.3. The van der Waals surface area contributed by atoms with Gasteiger partial charge in [-0.3, -0.25) is 14.4 Å². The molecule has 0 amide bonds. The Labute approximate surface area is 207 Å². The van der Waals surface area contributed by atoms with Crippen molar-refractivity contribution in [1.29, 1.82) is 0 Å². The van der Waals surface area contributed by atoms with Gasteiger partial charge in [0.15, 0.2) is 0 Å². The van der Waals surface area contributed by atoms with Crippen LogP contribution in [0.25, 0.3) is 0 Å². The van der Waals surface area contributed by atoms with Gasteiger partial charge in [0.05, 0.1) is 12.2 Å². The third-order valence-corrected chi connectivity index (χ3v) is 8.34. The molecule has 2 aliphatic heterocycles. The maximum atomic E-state index is 12.2. The minimum Gasteiger partial charge on any atom is -0.460 e. The number of hydrogen-bond acceptors (Lipinski definition) is 9. The van der Waals surface area contributed by atoms with Crippen LogP contribution in [0.4, 0.5) is 0 Å². The van der Waals surface area contributed by atoms with Crippen molar-refractivity contribution in [2.24, 2.45) is 23.7 Å². The zero-order valence-corrected chi connectivity index (χ0v) is 22.2. The molecule has 1 saturated carbocycles. The van der Waals surface area contributed by atoms with E-state index in [4.69, 9.17) is 18.9 Å². The summed E-state index contributed by atoms with van der Waals surface area (Å²) in [6.45, 7) is 13.2. The topological polar surface area (TPSA) is 129 Å². The van der Waals surface area contributed by atoms with E-state index in [1.54, 1.807) is 20.8 Å². The van der Waals surface area contributed by atoms with Crippen molar-refractivity contribution in [2.45, 2.75) is 122 Å². The zero-order chi connectivity index (χ0) is 26.5. The van der Waals surface area contributed by atoms with Gasteiger partial charge in [0.1, 0.15) is 29.0 Å². The minimum atomic E-state index is -1.45. The van der Waals surface area contributed by atoms with Crippen LogP contribution in [-0.4, -0.2) is 69.3 Å². The fourth-order valence-electron chi connectivity index (χ4n) is 7.27. The molecule has 9 heteroatoms. The molecule has 2 saturated heterocycles. The second kappa shape index (κ2) is 9.63. The first-order chi connectivity index (χ1) is 16.0. The van der Waals surface area contributed by atoms with Crippen LogP contribution in [0, 0.1) is 23.7 Å². The van der Waals surface area contributed by atoms with Crippen molar-refractivity contribution in [3.8, 4) is 0 Å². The Morgan fingerprint density at radius 1 is 0.943 bits per heavy atom. The molecular weight excluding hydrogens is 456 g/mol. The van der Waals surface area contributed by atoms with E-state index in [1.807, 2.05) is 13.8 Å². The molecule has 0 aromatic rings. The molecule has 0 spiro atoms. The summed E-state index contributed by atoms with van der Waals surface area (Å²) in [5, 5.41) is 22.8. The molecule has 2 bridgehead atoms. The highest BCUT2D eigenvalue weighted by Gasteiger charge is 2.67. The number of aliphatic hydroxyl groups is 2. The first-order valence-corrected chi connectivity index (χ1v) is 12.6. The SMILES string of the molecule is CC(=O)OC1CCC(C)(OC(C)=O)C2OC(CC1(C)O)C1C2C(C(C)C)C(O)CC1(C)OC(C)=O. The molecule has 2 N–H and O–H groups in total. The predicted octanol–water partition coefficient (Wildman–Crippen LogP) is 2.53. The Bertz CT molecular complexity index is 839. The molecule has 2 heterocycles. The van der Waals surface area contributed by atoms with Gasteiger partial charge in [0, 0.05) is 45.4 Å². The average molecular weight is 499 g/mol. The van der Waals surface area contributed by atoms with E-state index in [0.717, 1.165) is 0 Å². The maximum Gasteiger partial charge on any atom is 0.303 e. The summed E-state index contributed by atoms with van der Waals surface area (Å²) in [6, 6.07) is 0. The Hall–Kier alpha value is -1.71. The van der Waals surface area contributed by atoms with E-state index in [0.29, 0.717) is 0 Å². The van der Waals surface area contributed by atoms with E-state index in [1.165, 1.54) is 20.8 Å². The van der Waals surface area contributed by atoms with Gasteiger partial charge in [-0.05, 0) is 45.4 Å². The number of rotatable bonds is 4. The molecule has 3 aliphatic rings. The van der Waals surface area contributed by atoms with Crippen molar-refractivity contribution in [3.63, 3.8) is 0 Å². The van der Waals surface area contributed by atoms with Crippen LogP contribution in [0.5, 0.6) is 0 Å². The van der Waals surface area contributed by atoms with Gasteiger partial charge in [0.25, 0.3) is 0 Å². The molecule has 0 aromatic heterocycles. The van der Waals surface area contributed by atoms with Gasteiger partial charge in [0.2, 0.25) is 0 Å². The largest absolute Gasteiger partial charge is 0.460 e. The Balaban J connectivity index is 2.19. The summed E-state index contributed by atoms with van der Waals surface area (Å²) in [6.07, 6.45) is -1.94. The summed E-state index contributed by atoms with van der Waals surface area (Å²) in [5.41, 5.74) is -3.63. The van der Waals surface area contributed by atoms with E-state index < -0.39 is 59.1 Å². The zero-order valence-electron chi connectivity index (χ0n) is 22.2. The second-order valence-corrected chi connectivity index (χ2v) is 11.8. The molecule has 35 heavy (non-hydrogen) atoms. The lowest BCUT2D eigenvalue weighted by Gasteiger charge is -2.53. The maximum absolute atomic E-state index is 12.2. The predicted molar refractivity (Wildman–Crippen MR) is 125 cm³/mol. The van der Waals surface area contributed by atoms with E-state index in [-0.39, 0.29) is 49.4 Å². The Morgan fingerprint density at radius 3 is 2.03 bits per heavy atom. The molecule has 1 aliphatic carbocycles. The lowest BCUT2D eigenvalue weighted by atomic mass is 9.56. The Kier molecular flexibility index (Phi) is 7.67. The molecular formula is C26H42O9. The molecule has 0 radical (unpaired) electrons. The smallest absolute Gasteiger partial charge is 0.303 e. The van der Waals surface area contributed by atoms with Gasteiger partial charge in [-0.15, -0.1) is 0 Å². The van der Waals surface area contributed by atoms with Gasteiger partial charge in [-0.1, -0.05) is 13.8 Å². The highest BCUT2D eigenvalue weighted by atomic mass is 16.6. The molecule has 0 aromatic carbocycles. The third kappa shape index (κ3) is 5.37. The van der Waals surface area contributed by atoms with E-state index >= 15 is 0 Å². The van der Waals surface area contributed by atoms with E-state index in [9.17, 15) is 24.6 Å². The highest BCUT2D eigenvalue weighted by Crippen LogP contribution is 2.58.